The number of rotatable bonds is 38. The predicted molar refractivity (Wildman–Crippen MR) is 231 cm³/mol. The topological polar surface area (TPSA) is 273 Å². The van der Waals surface area contributed by atoms with Gasteiger partial charge in [0.25, 0.3) is 0 Å². The first-order valence-corrected chi connectivity index (χ1v) is 26.6. The number of esters is 2. The van der Waals surface area contributed by atoms with Crippen molar-refractivity contribution in [2.45, 2.75) is 224 Å². The van der Waals surface area contributed by atoms with Gasteiger partial charge in [0, 0.05) is 25.0 Å². The maximum absolute atomic E-state index is 12.9. The number of aliphatic hydroxyl groups is 4. The number of phosphoric acid groups is 2. The van der Waals surface area contributed by atoms with E-state index in [1.54, 1.807) is 0 Å². The lowest BCUT2D eigenvalue weighted by Crippen LogP contribution is -2.64. The summed E-state index contributed by atoms with van der Waals surface area (Å²) in [6, 6.07) is 0. The molecule has 20 heteroatoms. The van der Waals surface area contributed by atoms with Crippen molar-refractivity contribution in [1.29, 1.82) is 0 Å². The number of hydrogen-bond donors (Lipinski definition) is 7. The molecule has 1 rings (SSSR count). The molecule has 7 N–H and O–H groups in total. The lowest BCUT2D eigenvalue weighted by molar-refractivity contribution is -0.216. The molecule has 1 saturated carbocycles. The van der Waals surface area contributed by atoms with Crippen molar-refractivity contribution in [1.82, 2.24) is 0 Å². The summed E-state index contributed by atoms with van der Waals surface area (Å²) >= 11 is 1.43. The lowest BCUT2D eigenvalue weighted by atomic mass is 9.85. The highest BCUT2D eigenvalue weighted by atomic mass is 32.2. The summed E-state index contributed by atoms with van der Waals surface area (Å²) in [6.45, 7) is 2.87. The van der Waals surface area contributed by atoms with Crippen molar-refractivity contribution in [3.63, 3.8) is 0 Å². The van der Waals surface area contributed by atoms with E-state index < -0.39 is 83.5 Å². The Bertz CT molecular complexity index is 1260. The predicted octanol–water partition coefficient (Wildman–Crippen LogP) is 7.32. The molecule has 17 nitrogen and oxygen atoms in total. The molecule has 61 heavy (non-hydrogen) atoms. The highest BCUT2D eigenvalue weighted by molar-refractivity contribution is 8.13. The van der Waals surface area contributed by atoms with Gasteiger partial charge >= 0.3 is 27.6 Å². The third-order valence-electron chi connectivity index (χ3n) is 10.4. The van der Waals surface area contributed by atoms with Crippen molar-refractivity contribution < 1.29 is 81.7 Å². The molecule has 1 aliphatic carbocycles. The van der Waals surface area contributed by atoms with Crippen molar-refractivity contribution in [3.8, 4) is 0 Å². The second kappa shape index (κ2) is 34.4. The number of thioether (sulfide) groups is 1. The highest BCUT2D eigenvalue weighted by Crippen LogP contribution is 2.48. The molecule has 0 aromatic carbocycles. The van der Waals surface area contributed by atoms with Crippen LogP contribution in [0.25, 0.3) is 0 Å². The average Bonchev–Trinajstić information content (AvgIpc) is 3.20. The van der Waals surface area contributed by atoms with Gasteiger partial charge in [0.15, 0.2) is 11.2 Å². The molecule has 4 unspecified atom stereocenters. The average molecular weight is 937 g/mol. The van der Waals surface area contributed by atoms with Gasteiger partial charge in [0.2, 0.25) is 0 Å². The molecular weight excluding hydrogens is 858 g/mol. The van der Waals surface area contributed by atoms with Crippen LogP contribution >= 0.6 is 27.4 Å². The first kappa shape index (κ1) is 58.0. The van der Waals surface area contributed by atoms with E-state index in [1.165, 1.54) is 63.1 Å². The fourth-order valence-electron chi connectivity index (χ4n) is 6.93. The van der Waals surface area contributed by atoms with Gasteiger partial charge in [-0.15, -0.1) is 0 Å². The Hall–Kier alpha value is -0.980. The van der Waals surface area contributed by atoms with E-state index in [1.807, 2.05) is 6.92 Å². The smallest absolute Gasteiger partial charge is 0.462 e. The van der Waals surface area contributed by atoms with Crippen LogP contribution in [-0.2, 0) is 46.6 Å². The summed E-state index contributed by atoms with van der Waals surface area (Å²) < 4.78 is 49.0. The fourth-order valence-corrected chi connectivity index (χ4v) is 9.39. The Labute approximate surface area is 367 Å². The van der Waals surface area contributed by atoms with Crippen LogP contribution in [0.2, 0.25) is 0 Å². The molecule has 0 saturated heterocycles. The van der Waals surface area contributed by atoms with E-state index in [2.05, 4.69) is 11.4 Å². The van der Waals surface area contributed by atoms with Crippen LogP contribution in [0.3, 0.4) is 0 Å². The molecule has 1 aliphatic rings. The van der Waals surface area contributed by atoms with Crippen molar-refractivity contribution in [2.75, 3.05) is 19.0 Å². The van der Waals surface area contributed by atoms with Crippen molar-refractivity contribution >= 4 is 44.5 Å². The van der Waals surface area contributed by atoms with Crippen molar-refractivity contribution in [2.24, 2.45) is 0 Å². The third-order valence-corrected chi connectivity index (χ3v) is 13.0. The van der Waals surface area contributed by atoms with Gasteiger partial charge in [0.1, 0.15) is 43.2 Å². The van der Waals surface area contributed by atoms with E-state index in [9.17, 15) is 48.8 Å². The van der Waals surface area contributed by atoms with Gasteiger partial charge in [-0.3, -0.25) is 28.0 Å². The zero-order valence-electron chi connectivity index (χ0n) is 36.6. The number of ether oxygens (including phenoxy) is 2. The van der Waals surface area contributed by atoms with Gasteiger partial charge in [0.05, 0.1) is 6.61 Å². The van der Waals surface area contributed by atoms with Crippen LogP contribution in [0.1, 0.15) is 181 Å². The number of hydrogen-bond acceptors (Lipinski definition) is 15. The first-order valence-electron chi connectivity index (χ1n) is 22.6. The molecule has 0 amide bonds. The fraction of sp³-hybridized carbons (Fsp3) is 0.927. The molecule has 0 radical (unpaired) electrons. The normalized spacial score (nSPS) is 22.1. The molecule has 0 spiro atoms. The minimum Gasteiger partial charge on any atom is -0.462 e. The summed E-state index contributed by atoms with van der Waals surface area (Å²) in [4.78, 5) is 65.5. The van der Waals surface area contributed by atoms with Gasteiger partial charge in [-0.2, -0.15) is 0 Å². The van der Waals surface area contributed by atoms with E-state index in [-0.39, 0.29) is 18.0 Å². The molecule has 0 aliphatic heterocycles. The minimum absolute atomic E-state index is 0.0443. The van der Waals surface area contributed by atoms with Gasteiger partial charge in [-0.25, -0.2) is 9.13 Å². The number of unbranched alkanes of at least 4 members (excludes halogenated alkanes) is 20. The molecule has 1 fully saturated rings. The molecule has 360 valence electrons. The minimum atomic E-state index is -5.31. The van der Waals surface area contributed by atoms with Gasteiger partial charge < -0.3 is 44.6 Å². The summed E-state index contributed by atoms with van der Waals surface area (Å²) in [5.74, 6) is -0.345. The van der Waals surface area contributed by atoms with E-state index in [4.69, 9.17) is 28.3 Å². The number of aliphatic hydroxyl groups excluding tert-OH is 4. The van der Waals surface area contributed by atoms with Crippen LogP contribution in [0, 0.1) is 0 Å². The maximum atomic E-state index is 12.9. The quantitative estimate of drug-likeness (QED) is 0.0181. The van der Waals surface area contributed by atoms with Crippen molar-refractivity contribution in [3.05, 3.63) is 0 Å². The molecule has 0 bridgehead atoms. The first-order chi connectivity index (χ1) is 29.0. The largest absolute Gasteiger partial charge is 0.472 e. The summed E-state index contributed by atoms with van der Waals surface area (Å²) in [5, 5.41) is 41.7. The van der Waals surface area contributed by atoms with E-state index in [0.29, 0.717) is 19.3 Å². The summed E-state index contributed by atoms with van der Waals surface area (Å²) in [7, 11) is -10.6. The SMILES string of the molecule is CCCCCCCCCCCCCCCC(=O)O[C@H](COC(=O)CCCCCCCCCCCSC(=O)CCC)COP(=O)(O)OC1C(O)[C@@H](O)C(OP(=O)(O)O)[C@@H](O)[C@H]1O. The highest BCUT2D eigenvalue weighted by Gasteiger charge is 2.54. The van der Waals surface area contributed by atoms with Gasteiger partial charge in [-0.1, -0.05) is 148 Å². The van der Waals surface area contributed by atoms with E-state index >= 15 is 0 Å². The van der Waals surface area contributed by atoms with Crippen LogP contribution in [0.4, 0.5) is 0 Å². The standard InChI is InChI=1S/C41H78O17P2S/c1-3-5-6-7-8-9-10-11-12-14-18-21-24-28-34(43)56-32(30-54-33(42)27-23-20-17-15-13-16-19-22-25-29-61-35(44)26-4-2)31-55-60(52,53)58-41-38(47)36(45)40(37(46)39(41)48)57-59(49,50)51/h32,36-41,45-48H,3-31H2,1-2H3,(H,52,53)(H2,49,50,51)/t32-,36-,37+,38?,39-,40?,41?/m1/s1. The lowest BCUT2D eigenvalue weighted by Gasteiger charge is -2.43. The monoisotopic (exact) mass is 936 g/mol. The Morgan fingerprint density at radius 1 is 0.525 bits per heavy atom. The maximum Gasteiger partial charge on any atom is 0.472 e. The number of carbonyl (C=O) groups is 3. The van der Waals surface area contributed by atoms with Crippen LogP contribution in [-0.4, -0.2) is 114 Å². The van der Waals surface area contributed by atoms with Crippen LogP contribution in [0.5, 0.6) is 0 Å². The summed E-state index contributed by atoms with van der Waals surface area (Å²) in [5.41, 5.74) is 0. The third kappa shape index (κ3) is 29.2. The Kier molecular flexibility index (Phi) is 32.7. The Balaban J connectivity index is 2.58. The van der Waals surface area contributed by atoms with Crippen LogP contribution < -0.4 is 0 Å². The summed E-state index contributed by atoms with van der Waals surface area (Å²) in [6.07, 6.45) is 10.2. The molecular formula is C41H78O17P2S. The van der Waals surface area contributed by atoms with E-state index in [0.717, 1.165) is 89.2 Å². The molecule has 0 aromatic heterocycles. The zero-order valence-corrected chi connectivity index (χ0v) is 39.2. The number of phosphoric ester groups is 2. The molecule has 0 heterocycles. The van der Waals surface area contributed by atoms with Gasteiger partial charge in [-0.05, 0) is 25.7 Å². The Morgan fingerprint density at radius 3 is 1.38 bits per heavy atom. The second-order valence-corrected chi connectivity index (χ2v) is 19.8. The molecule has 0 aromatic rings. The molecule has 8 atom stereocenters. The second-order valence-electron chi connectivity index (χ2n) is 16.0. The number of carbonyl (C=O) groups excluding carboxylic acids is 3. The zero-order chi connectivity index (χ0) is 45.5. The Morgan fingerprint density at radius 2 is 0.934 bits per heavy atom. The van der Waals surface area contributed by atoms with Crippen LogP contribution in [0.15, 0.2) is 0 Å².